The van der Waals surface area contributed by atoms with Crippen molar-refractivity contribution in [3.8, 4) is 0 Å². The van der Waals surface area contributed by atoms with E-state index < -0.39 is 0 Å². The van der Waals surface area contributed by atoms with E-state index in [0.717, 1.165) is 12.8 Å². The van der Waals surface area contributed by atoms with Gasteiger partial charge < -0.3 is 10.4 Å². The normalized spacial score (nSPS) is 11.5. The molecule has 0 spiro atoms. The lowest BCUT2D eigenvalue weighted by Crippen LogP contribution is -2.35. The van der Waals surface area contributed by atoms with E-state index in [0.29, 0.717) is 13.0 Å². The third-order valence-corrected chi connectivity index (χ3v) is 2.45. The number of aliphatic hydroxyl groups excluding tert-OH is 1. The molecule has 3 heteroatoms. The molecule has 0 aromatic heterocycles. The van der Waals surface area contributed by atoms with Crippen molar-refractivity contribution in [1.82, 2.24) is 5.32 Å². The lowest BCUT2D eigenvalue weighted by atomic mass is 9.95. The zero-order valence-corrected chi connectivity index (χ0v) is 10.3. The Morgan fingerprint density at radius 3 is 2.47 bits per heavy atom. The first-order valence-electron chi connectivity index (χ1n) is 5.89. The van der Waals surface area contributed by atoms with Crippen LogP contribution in [0.4, 0.5) is 0 Å². The van der Waals surface area contributed by atoms with Gasteiger partial charge in [-0.1, -0.05) is 40.0 Å². The quantitative estimate of drug-likeness (QED) is 0.609. The molecule has 0 fully saturated rings. The zero-order valence-electron chi connectivity index (χ0n) is 10.3. The minimum absolute atomic E-state index is 0.100. The second-order valence-electron chi connectivity index (χ2n) is 4.91. The monoisotopic (exact) mass is 215 g/mol. The maximum absolute atomic E-state index is 11.4. The predicted octanol–water partition coefficient (Wildman–Crippen LogP) is 2.09. The molecule has 3 nitrogen and oxygen atoms in total. The summed E-state index contributed by atoms with van der Waals surface area (Å²) in [7, 11) is 0. The van der Waals surface area contributed by atoms with E-state index >= 15 is 0 Å². The Morgan fingerprint density at radius 2 is 1.93 bits per heavy atom. The molecule has 0 aliphatic rings. The van der Waals surface area contributed by atoms with Crippen molar-refractivity contribution in [2.45, 2.75) is 52.9 Å². The van der Waals surface area contributed by atoms with Crippen LogP contribution in [0.15, 0.2) is 0 Å². The summed E-state index contributed by atoms with van der Waals surface area (Å²) >= 11 is 0. The summed E-state index contributed by atoms with van der Waals surface area (Å²) < 4.78 is 0. The van der Waals surface area contributed by atoms with Crippen molar-refractivity contribution in [3.05, 3.63) is 0 Å². The molecule has 90 valence electrons. The molecule has 0 saturated heterocycles. The van der Waals surface area contributed by atoms with Gasteiger partial charge in [0.15, 0.2) is 0 Å². The molecule has 0 aliphatic heterocycles. The van der Waals surface area contributed by atoms with Crippen LogP contribution in [0.5, 0.6) is 0 Å². The summed E-state index contributed by atoms with van der Waals surface area (Å²) in [4.78, 5) is 11.4. The van der Waals surface area contributed by atoms with Gasteiger partial charge in [0.25, 0.3) is 0 Å². The average Bonchev–Trinajstić information content (AvgIpc) is 2.22. The molecular formula is C12H25NO2. The van der Waals surface area contributed by atoms with E-state index in [-0.39, 0.29) is 17.9 Å². The number of unbranched alkanes of at least 4 members (excludes halogenated alkanes) is 3. The lowest BCUT2D eigenvalue weighted by molar-refractivity contribution is -0.121. The summed E-state index contributed by atoms with van der Waals surface area (Å²) in [5.74, 6) is 0.104. The molecule has 1 amide bonds. The average molecular weight is 215 g/mol. The third-order valence-electron chi connectivity index (χ3n) is 2.45. The number of rotatable bonds is 8. The first-order chi connectivity index (χ1) is 7.02. The van der Waals surface area contributed by atoms with Crippen LogP contribution in [-0.4, -0.2) is 24.2 Å². The van der Waals surface area contributed by atoms with Gasteiger partial charge in [-0.05, 0) is 6.42 Å². The number of hydrogen-bond donors (Lipinski definition) is 2. The molecule has 0 heterocycles. The Kier molecular flexibility index (Phi) is 7.39. The molecule has 15 heavy (non-hydrogen) atoms. The second-order valence-corrected chi connectivity index (χ2v) is 4.91. The largest absolute Gasteiger partial charge is 0.396 e. The van der Waals surface area contributed by atoms with Crippen molar-refractivity contribution < 1.29 is 9.90 Å². The summed E-state index contributed by atoms with van der Waals surface area (Å²) in [5.41, 5.74) is -0.209. The van der Waals surface area contributed by atoms with Gasteiger partial charge in [-0.25, -0.2) is 0 Å². The SMILES string of the molecule is CCCCCCC(=O)NCC(C)(C)CO. The van der Waals surface area contributed by atoms with Gasteiger partial charge in [-0.15, -0.1) is 0 Å². The molecule has 0 aliphatic carbocycles. The maximum Gasteiger partial charge on any atom is 0.220 e. The Morgan fingerprint density at radius 1 is 1.27 bits per heavy atom. The molecule has 0 atom stereocenters. The Bertz CT molecular complexity index is 178. The molecule has 2 N–H and O–H groups in total. The van der Waals surface area contributed by atoms with Crippen LogP contribution in [0.25, 0.3) is 0 Å². The van der Waals surface area contributed by atoms with Crippen molar-refractivity contribution in [3.63, 3.8) is 0 Å². The molecule has 0 unspecified atom stereocenters. The topological polar surface area (TPSA) is 49.3 Å². The van der Waals surface area contributed by atoms with Gasteiger partial charge in [-0.2, -0.15) is 0 Å². The van der Waals surface area contributed by atoms with Crippen molar-refractivity contribution >= 4 is 5.91 Å². The summed E-state index contributed by atoms with van der Waals surface area (Å²) in [6.45, 7) is 6.68. The van der Waals surface area contributed by atoms with E-state index in [4.69, 9.17) is 5.11 Å². The standard InChI is InChI=1S/C12H25NO2/c1-4-5-6-7-8-11(15)13-9-12(2,3)10-14/h14H,4-10H2,1-3H3,(H,13,15). The smallest absolute Gasteiger partial charge is 0.220 e. The number of hydrogen-bond acceptors (Lipinski definition) is 2. The molecule has 0 radical (unpaired) electrons. The van der Waals surface area contributed by atoms with Crippen LogP contribution in [0.3, 0.4) is 0 Å². The van der Waals surface area contributed by atoms with Gasteiger partial charge in [0.2, 0.25) is 5.91 Å². The van der Waals surface area contributed by atoms with E-state index in [1.54, 1.807) is 0 Å². The number of aliphatic hydroxyl groups is 1. The van der Waals surface area contributed by atoms with Gasteiger partial charge in [-0.3, -0.25) is 4.79 Å². The third kappa shape index (κ3) is 8.43. The summed E-state index contributed by atoms with van der Waals surface area (Å²) in [6.07, 6.45) is 5.11. The highest BCUT2D eigenvalue weighted by atomic mass is 16.3. The molecular weight excluding hydrogens is 190 g/mol. The minimum Gasteiger partial charge on any atom is -0.396 e. The van der Waals surface area contributed by atoms with Crippen LogP contribution in [-0.2, 0) is 4.79 Å². The first-order valence-corrected chi connectivity index (χ1v) is 5.89. The van der Waals surface area contributed by atoms with Gasteiger partial charge in [0, 0.05) is 25.0 Å². The number of amides is 1. The second kappa shape index (κ2) is 7.69. The maximum atomic E-state index is 11.4. The highest BCUT2D eigenvalue weighted by Crippen LogP contribution is 2.11. The fourth-order valence-corrected chi connectivity index (χ4v) is 1.19. The zero-order chi connectivity index (χ0) is 11.7. The molecule has 0 aromatic rings. The Labute approximate surface area is 93.3 Å². The van der Waals surface area contributed by atoms with Crippen molar-refractivity contribution in [1.29, 1.82) is 0 Å². The molecule has 0 aromatic carbocycles. The van der Waals surface area contributed by atoms with Gasteiger partial charge in [0.05, 0.1) is 0 Å². The van der Waals surface area contributed by atoms with Gasteiger partial charge in [0.1, 0.15) is 0 Å². The van der Waals surface area contributed by atoms with Crippen LogP contribution < -0.4 is 5.32 Å². The van der Waals surface area contributed by atoms with Crippen LogP contribution in [0, 0.1) is 5.41 Å². The minimum atomic E-state index is -0.209. The Hall–Kier alpha value is -0.570. The predicted molar refractivity (Wildman–Crippen MR) is 62.6 cm³/mol. The van der Waals surface area contributed by atoms with E-state index in [1.807, 2.05) is 13.8 Å². The van der Waals surface area contributed by atoms with E-state index in [9.17, 15) is 4.79 Å². The van der Waals surface area contributed by atoms with Crippen molar-refractivity contribution in [2.24, 2.45) is 5.41 Å². The van der Waals surface area contributed by atoms with Crippen LogP contribution >= 0.6 is 0 Å². The highest BCUT2D eigenvalue weighted by molar-refractivity contribution is 5.75. The summed E-state index contributed by atoms with van der Waals surface area (Å²) in [5, 5.41) is 11.9. The molecule has 0 bridgehead atoms. The molecule has 0 saturated carbocycles. The highest BCUT2D eigenvalue weighted by Gasteiger charge is 2.16. The molecule has 0 rings (SSSR count). The van der Waals surface area contributed by atoms with E-state index in [2.05, 4.69) is 12.2 Å². The fourth-order valence-electron chi connectivity index (χ4n) is 1.19. The first kappa shape index (κ1) is 14.4. The number of carbonyl (C=O) groups excluding carboxylic acids is 1. The van der Waals surface area contributed by atoms with Crippen LogP contribution in [0.1, 0.15) is 52.9 Å². The van der Waals surface area contributed by atoms with Crippen LogP contribution in [0.2, 0.25) is 0 Å². The summed E-state index contributed by atoms with van der Waals surface area (Å²) in [6, 6.07) is 0. The lowest BCUT2D eigenvalue weighted by Gasteiger charge is -2.21. The Balaban J connectivity index is 3.49. The number of carbonyl (C=O) groups is 1. The van der Waals surface area contributed by atoms with Crippen molar-refractivity contribution in [2.75, 3.05) is 13.2 Å². The fraction of sp³-hybridized carbons (Fsp3) is 0.917. The van der Waals surface area contributed by atoms with E-state index in [1.165, 1.54) is 12.8 Å². The van der Waals surface area contributed by atoms with Gasteiger partial charge >= 0.3 is 0 Å². The number of nitrogens with one attached hydrogen (secondary N) is 1.